The van der Waals surface area contributed by atoms with Crippen LogP contribution in [0.5, 0.6) is 5.75 Å². The molecular formula is C15H15N7NaO2. The van der Waals surface area contributed by atoms with Crippen LogP contribution in [0.4, 0.5) is 11.6 Å². The predicted molar refractivity (Wildman–Crippen MR) is 93.1 cm³/mol. The molecule has 0 bridgehead atoms. The van der Waals surface area contributed by atoms with Crippen molar-refractivity contribution in [3.63, 3.8) is 0 Å². The van der Waals surface area contributed by atoms with Crippen molar-refractivity contribution in [3.05, 3.63) is 42.1 Å². The summed E-state index contributed by atoms with van der Waals surface area (Å²) in [6, 6.07) is 10.5. The number of nitrogens with one attached hydrogen (secondary N) is 2. The second kappa shape index (κ2) is 8.56. The van der Waals surface area contributed by atoms with E-state index in [2.05, 4.69) is 30.9 Å². The third-order valence-electron chi connectivity index (χ3n) is 3.13. The standard InChI is InChI=1S/C15H15N7O2.Na/c1-2-24-11-7-12(9-3-5-10(16)6-4-9)17-13(8-11)14(23)18-15-19-21-22-20-15;/h3-8H,2,16H2,1H3,(H2,18,19,20,21,22,23);. The Morgan fingerprint density at radius 2 is 2.04 bits per heavy atom. The smallest absolute Gasteiger partial charge is 0.276 e. The van der Waals surface area contributed by atoms with Gasteiger partial charge in [0.1, 0.15) is 11.4 Å². The van der Waals surface area contributed by atoms with Gasteiger partial charge in [-0.05, 0) is 29.5 Å². The van der Waals surface area contributed by atoms with Gasteiger partial charge in [-0.15, -0.1) is 0 Å². The number of benzene rings is 1. The minimum atomic E-state index is -0.452. The van der Waals surface area contributed by atoms with Crippen molar-refractivity contribution in [2.75, 3.05) is 17.7 Å². The molecule has 0 saturated carbocycles. The third kappa shape index (κ3) is 4.75. The Hall–Kier alpha value is -2.49. The van der Waals surface area contributed by atoms with E-state index in [4.69, 9.17) is 10.5 Å². The molecule has 1 aromatic carbocycles. The Morgan fingerprint density at radius 3 is 2.68 bits per heavy atom. The number of tetrazole rings is 1. The van der Waals surface area contributed by atoms with Gasteiger partial charge in [0.25, 0.3) is 5.91 Å². The molecule has 0 aliphatic heterocycles. The van der Waals surface area contributed by atoms with Crippen molar-refractivity contribution < 1.29 is 9.53 Å². The molecule has 9 nitrogen and oxygen atoms in total. The molecule has 0 fully saturated rings. The largest absolute Gasteiger partial charge is 0.494 e. The Kier molecular flexibility index (Phi) is 6.45. The van der Waals surface area contributed by atoms with Gasteiger partial charge in [-0.2, -0.15) is 0 Å². The number of hydrogen-bond acceptors (Lipinski definition) is 7. The number of aromatic amines is 1. The zero-order valence-corrected chi connectivity index (χ0v) is 15.9. The number of nitrogens with two attached hydrogens (primary N) is 1. The SMILES string of the molecule is CCOc1cc(C(=O)Nc2nnn[nH]2)nc(-c2ccc(N)cc2)c1.[Na]. The number of ether oxygens (including phenoxy) is 1. The van der Waals surface area contributed by atoms with Crippen LogP contribution < -0.4 is 15.8 Å². The van der Waals surface area contributed by atoms with E-state index in [0.717, 1.165) is 5.56 Å². The minimum Gasteiger partial charge on any atom is -0.494 e. The van der Waals surface area contributed by atoms with Crippen LogP contribution in [0.2, 0.25) is 0 Å². The van der Waals surface area contributed by atoms with E-state index >= 15 is 0 Å². The minimum absolute atomic E-state index is 0. The summed E-state index contributed by atoms with van der Waals surface area (Å²) in [4.78, 5) is 16.7. The molecule has 123 valence electrons. The van der Waals surface area contributed by atoms with E-state index < -0.39 is 5.91 Å². The van der Waals surface area contributed by atoms with Gasteiger partial charge >= 0.3 is 0 Å². The number of carbonyl (C=O) groups is 1. The zero-order chi connectivity index (χ0) is 16.9. The molecule has 3 rings (SSSR count). The van der Waals surface area contributed by atoms with Crippen molar-refractivity contribution in [2.45, 2.75) is 6.92 Å². The van der Waals surface area contributed by atoms with Gasteiger partial charge in [0.2, 0.25) is 5.95 Å². The number of anilines is 2. The summed E-state index contributed by atoms with van der Waals surface area (Å²) in [5.74, 6) is 0.226. The number of carbonyl (C=O) groups excluding carboxylic acids is 1. The van der Waals surface area contributed by atoms with Gasteiger partial charge in [-0.3, -0.25) is 10.1 Å². The summed E-state index contributed by atoms with van der Waals surface area (Å²) in [5.41, 5.74) is 7.96. The molecule has 3 aromatic rings. The summed E-state index contributed by atoms with van der Waals surface area (Å²) in [6.45, 7) is 2.33. The first kappa shape index (κ1) is 18.8. The van der Waals surface area contributed by atoms with Crippen molar-refractivity contribution in [1.82, 2.24) is 25.6 Å². The Morgan fingerprint density at radius 1 is 1.28 bits per heavy atom. The van der Waals surface area contributed by atoms with Crippen molar-refractivity contribution in [3.8, 4) is 17.0 Å². The average Bonchev–Trinajstić information content (AvgIpc) is 3.08. The summed E-state index contributed by atoms with van der Waals surface area (Å²) in [6.07, 6.45) is 0. The molecule has 0 saturated heterocycles. The Bertz CT molecular complexity index is 838. The van der Waals surface area contributed by atoms with E-state index in [1.165, 1.54) is 0 Å². The van der Waals surface area contributed by atoms with Crippen molar-refractivity contribution in [1.29, 1.82) is 0 Å². The number of nitrogens with zero attached hydrogens (tertiary/aromatic N) is 4. The number of hydrogen-bond donors (Lipinski definition) is 3. The molecular weight excluding hydrogens is 333 g/mol. The van der Waals surface area contributed by atoms with Gasteiger partial charge in [-0.1, -0.05) is 17.2 Å². The maximum Gasteiger partial charge on any atom is 0.276 e. The first-order valence-electron chi connectivity index (χ1n) is 7.21. The number of amides is 1. The second-order valence-corrected chi connectivity index (χ2v) is 4.83. The molecule has 2 heterocycles. The number of rotatable bonds is 5. The fourth-order valence-corrected chi connectivity index (χ4v) is 2.06. The van der Waals surface area contributed by atoms with Crippen LogP contribution >= 0.6 is 0 Å². The molecule has 0 aliphatic carbocycles. The summed E-state index contributed by atoms with van der Waals surface area (Å²) < 4.78 is 5.52. The van der Waals surface area contributed by atoms with Gasteiger partial charge in [-0.25, -0.2) is 10.1 Å². The van der Waals surface area contributed by atoms with Gasteiger partial charge in [0.15, 0.2) is 0 Å². The molecule has 4 N–H and O–H groups in total. The topological polar surface area (TPSA) is 132 Å². The molecule has 10 heteroatoms. The van der Waals surface area contributed by atoms with E-state index in [-0.39, 0.29) is 41.2 Å². The summed E-state index contributed by atoms with van der Waals surface area (Å²) >= 11 is 0. The Balaban J connectivity index is 0.00000225. The van der Waals surface area contributed by atoms with E-state index in [0.29, 0.717) is 23.7 Å². The number of aromatic nitrogens is 5. The maximum atomic E-state index is 12.3. The number of pyridine rings is 1. The fourth-order valence-electron chi connectivity index (χ4n) is 2.06. The van der Waals surface area contributed by atoms with Crippen LogP contribution in [0.1, 0.15) is 17.4 Å². The summed E-state index contributed by atoms with van der Waals surface area (Å²) in [5, 5.41) is 15.4. The first-order valence-corrected chi connectivity index (χ1v) is 7.21. The van der Waals surface area contributed by atoms with E-state index in [1.807, 2.05) is 19.1 Å². The van der Waals surface area contributed by atoms with E-state index in [1.54, 1.807) is 24.3 Å². The number of nitrogen functional groups attached to an aromatic ring is 1. The molecule has 0 atom stereocenters. The van der Waals surface area contributed by atoms with Crippen LogP contribution in [-0.2, 0) is 0 Å². The first-order chi connectivity index (χ1) is 11.7. The van der Waals surface area contributed by atoms with Crippen LogP contribution in [0.25, 0.3) is 11.3 Å². The molecule has 1 radical (unpaired) electrons. The van der Waals surface area contributed by atoms with Gasteiger partial charge < -0.3 is 10.5 Å². The normalized spacial score (nSPS) is 9.96. The van der Waals surface area contributed by atoms with Gasteiger partial charge in [0, 0.05) is 52.9 Å². The average molecular weight is 348 g/mol. The molecule has 0 aliphatic rings. The van der Waals surface area contributed by atoms with E-state index in [9.17, 15) is 4.79 Å². The van der Waals surface area contributed by atoms with Crippen LogP contribution in [0, 0.1) is 0 Å². The molecule has 0 unspecified atom stereocenters. The van der Waals surface area contributed by atoms with Crippen molar-refractivity contribution >= 4 is 47.1 Å². The molecule has 2 aromatic heterocycles. The third-order valence-corrected chi connectivity index (χ3v) is 3.13. The molecule has 25 heavy (non-hydrogen) atoms. The summed E-state index contributed by atoms with van der Waals surface area (Å²) in [7, 11) is 0. The quantitative estimate of drug-likeness (QED) is 0.465. The molecule has 1 amide bonds. The van der Waals surface area contributed by atoms with Gasteiger partial charge in [0.05, 0.1) is 12.3 Å². The Labute approximate surface area is 165 Å². The maximum absolute atomic E-state index is 12.3. The fraction of sp³-hybridized carbons (Fsp3) is 0.133. The molecule has 0 spiro atoms. The zero-order valence-electron chi connectivity index (χ0n) is 13.9. The monoisotopic (exact) mass is 348 g/mol. The number of H-pyrrole nitrogens is 1. The van der Waals surface area contributed by atoms with Crippen LogP contribution in [-0.4, -0.2) is 67.7 Å². The second-order valence-electron chi connectivity index (χ2n) is 4.83. The van der Waals surface area contributed by atoms with Crippen LogP contribution in [0.3, 0.4) is 0 Å². The van der Waals surface area contributed by atoms with Crippen molar-refractivity contribution in [2.24, 2.45) is 0 Å². The van der Waals surface area contributed by atoms with Crippen LogP contribution in [0.15, 0.2) is 36.4 Å². The predicted octanol–water partition coefficient (Wildman–Crippen LogP) is 1.11.